The molecule has 2 aromatic rings. The van der Waals surface area contributed by atoms with Crippen molar-refractivity contribution in [3.8, 4) is 0 Å². The molecule has 1 unspecified atom stereocenters. The molecule has 1 N–H and O–H groups in total. The van der Waals surface area contributed by atoms with E-state index in [0.717, 1.165) is 17.0 Å². The number of nitrogens with zero attached hydrogens (tertiary/aromatic N) is 5. The summed E-state index contributed by atoms with van der Waals surface area (Å²) >= 11 is 0. The van der Waals surface area contributed by atoms with Gasteiger partial charge in [-0.3, -0.25) is 0 Å². The Morgan fingerprint density at radius 3 is 3.06 bits per heavy atom. The summed E-state index contributed by atoms with van der Waals surface area (Å²) in [7, 11) is 1.67. The van der Waals surface area contributed by atoms with Crippen molar-refractivity contribution in [2.24, 2.45) is 0 Å². The third kappa shape index (κ3) is 2.01. The largest absolute Gasteiger partial charge is 0.382 e. The summed E-state index contributed by atoms with van der Waals surface area (Å²) in [6.45, 7) is 2.60. The molecule has 1 aliphatic carbocycles. The maximum atomic E-state index is 5.13. The summed E-state index contributed by atoms with van der Waals surface area (Å²) in [5, 5.41) is 11.7. The van der Waals surface area contributed by atoms with Crippen molar-refractivity contribution >= 4 is 17.0 Å². The maximum Gasteiger partial charge on any atom is 0.184 e. The van der Waals surface area contributed by atoms with Crippen molar-refractivity contribution < 1.29 is 4.74 Å². The molecule has 0 aromatic carbocycles. The Morgan fingerprint density at radius 2 is 2.33 bits per heavy atom. The molecular formula is C11H16N6O. The minimum atomic E-state index is 0.101. The molecule has 0 saturated heterocycles. The zero-order chi connectivity index (χ0) is 12.5. The van der Waals surface area contributed by atoms with Gasteiger partial charge in [0.2, 0.25) is 0 Å². The zero-order valence-electron chi connectivity index (χ0n) is 10.5. The van der Waals surface area contributed by atoms with Crippen LogP contribution >= 0.6 is 0 Å². The summed E-state index contributed by atoms with van der Waals surface area (Å²) in [5.41, 5.74) is 1.48. The van der Waals surface area contributed by atoms with Crippen molar-refractivity contribution in [3.05, 3.63) is 6.33 Å². The molecule has 0 bridgehead atoms. The van der Waals surface area contributed by atoms with Crippen LogP contribution in [0, 0.1) is 0 Å². The Morgan fingerprint density at radius 1 is 1.50 bits per heavy atom. The van der Waals surface area contributed by atoms with E-state index in [1.165, 1.54) is 12.8 Å². The minimum absolute atomic E-state index is 0.101. The highest BCUT2D eigenvalue weighted by atomic mass is 16.5. The lowest BCUT2D eigenvalue weighted by Crippen LogP contribution is -2.13. The highest BCUT2D eigenvalue weighted by molar-refractivity contribution is 5.82. The fourth-order valence-corrected chi connectivity index (χ4v) is 1.90. The van der Waals surface area contributed by atoms with E-state index < -0.39 is 0 Å². The van der Waals surface area contributed by atoms with E-state index in [0.29, 0.717) is 12.6 Å². The van der Waals surface area contributed by atoms with Gasteiger partial charge in [-0.05, 0) is 19.8 Å². The van der Waals surface area contributed by atoms with E-state index in [9.17, 15) is 0 Å². The number of rotatable bonds is 5. The van der Waals surface area contributed by atoms with Crippen LogP contribution in [0.15, 0.2) is 6.33 Å². The number of methoxy groups -OCH3 is 1. The molecule has 2 heterocycles. The van der Waals surface area contributed by atoms with Crippen LogP contribution in [0.2, 0.25) is 0 Å². The van der Waals surface area contributed by atoms with Crippen LogP contribution in [-0.2, 0) is 4.74 Å². The normalized spacial score (nSPS) is 17.0. The summed E-state index contributed by atoms with van der Waals surface area (Å²) in [6, 6.07) is 0.633. The van der Waals surface area contributed by atoms with Crippen LogP contribution in [0.3, 0.4) is 0 Å². The van der Waals surface area contributed by atoms with Crippen LogP contribution < -0.4 is 5.32 Å². The van der Waals surface area contributed by atoms with E-state index in [-0.39, 0.29) is 6.04 Å². The summed E-state index contributed by atoms with van der Waals surface area (Å²) in [5.74, 6) is 0.776. The van der Waals surface area contributed by atoms with E-state index in [2.05, 4.69) is 25.6 Å². The third-order valence-electron chi connectivity index (χ3n) is 3.00. The van der Waals surface area contributed by atoms with Crippen molar-refractivity contribution in [2.45, 2.75) is 31.8 Å². The van der Waals surface area contributed by atoms with Crippen LogP contribution in [0.4, 0.5) is 5.82 Å². The number of aromatic nitrogens is 5. The molecule has 1 aliphatic rings. The number of hydrogen-bond donors (Lipinski definition) is 1. The smallest absolute Gasteiger partial charge is 0.184 e. The monoisotopic (exact) mass is 248 g/mol. The quantitative estimate of drug-likeness (QED) is 0.850. The summed E-state index contributed by atoms with van der Waals surface area (Å²) in [6.07, 6.45) is 3.94. The van der Waals surface area contributed by atoms with Crippen molar-refractivity contribution in [2.75, 3.05) is 19.0 Å². The predicted molar refractivity (Wildman–Crippen MR) is 66.3 cm³/mol. The molecule has 0 spiro atoms. The van der Waals surface area contributed by atoms with Crippen molar-refractivity contribution in [3.63, 3.8) is 0 Å². The van der Waals surface area contributed by atoms with Crippen molar-refractivity contribution in [1.82, 2.24) is 25.0 Å². The lowest BCUT2D eigenvalue weighted by atomic mass is 10.3. The van der Waals surface area contributed by atoms with Gasteiger partial charge in [-0.2, -0.15) is 0 Å². The van der Waals surface area contributed by atoms with Crippen molar-refractivity contribution in [1.29, 1.82) is 0 Å². The molecule has 2 aromatic heterocycles. The fraction of sp³-hybridized carbons (Fsp3) is 0.636. The highest BCUT2D eigenvalue weighted by Crippen LogP contribution is 2.26. The molecule has 18 heavy (non-hydrogen) atoms. The van der Waals surface area contributed by atoms with Crippen LogP contribution in [0.5, 0.6) is 0 Å². The predicted octanol–water partition coefficient (Wildman–Crippen LogP) is 1.00. The van der Waals surface area contributed by atoms with Crippen LogP contribution in [0.25, 0.3) is 11.2 Å². The second kappa shape index (κ2) is 4.49. The van der Waals surface area contributed by atoms with E-state index in [1.807, 2.05) is 6.92 Å². The Kier molecular flexibility index (Phi) is 2.83. The minimum Gasteiger partial charge on any atom is -0.382 e. The van der Waals surface area contributed by atoms with Gasteiger partial charge in [0.15, 0.2) is 17.0 Å². The topological polar surface area (TPSA) is 77.8 Å². The molecule has 0 radical (unpaired) electrons. The van der Waals surface area contributed by atoms with Gasteiger partial charge in [-0.25, -0.2) is 14.6 Å². The molecule has 1 fully saturated rings. The molecule has 3 rings (SSSR count). The lowest BCUT2D eigenvalue weighted by molar-refractivity contribution is 0.157. The number of nitrogens with one attached hydrogen (secondary N) is 1. The van der Waals surface area contributed by atoms with Gasteiger partial charge in [-0.15, -0.1) is 5.10 Å². The van der Waals surface area contributed by atoms with Gasteiger partial charge in [-0.1, -0.05) is 5.21 Å². The average molecular weight is 248 g/mol. The lowest BCUT2D eigenvalue weighted by Gasteiger charge is -2.10. The average Bonchev–Trinajstić information content (AvgIpc) is 3.06. The van der Waals surface area contributed by atoms with Gasteiger partial charge in [0.1, 0.15) is 6.33 Å². The first-order chi connectivity index (χ1) is 8.79. The number of fused-ring (bicyclic) bond motifs is 1. The molecule has 1 saturated carbocycles. The first-order valence-corrected chi connectivity index (χ1v) is 6.11. The van der Waals surface area contributed by atoms with E-state index >= 15 is 0 Å². The molecule has 7 nitrogen and oxygen atoms in total. The van der Waals surface area contributed by atoms with Gasteiger partial charge in [0.25, 0.3) is 0 Å². The molecular weight excluding hydrogens is 232 g/mol. The second-order valence-electron chi connectivity index (χ2n) is 4.65. The van der Waals surface area contributed by atoms with E-state index in [4.69, 9.17) is 4.74 Å². The van der Waals surface area contributed by atoms with Gasteiger partial charge < -0.3 is 10.1 Å². The number of hydrogen-bond acceptors (Lipinski definition) is 6. The Balaban J connectivity index is 1.97. The summed E-state index contributed by atoms with van der Waals surface area (Å²) in [4.78, 5) is 8.50. The van der Waals surface area contributed by atoms with Gasteiger partial charge >= 0.3 is 0 Å². The Hall–Kier alpha value is -1.76. The molecule has 1 atom stereocenters. The Labute approximate surface area is 105 Å². The summed E-state index contributed by atoms with van der Waals surface area (Å²) < 4.78 is 6.91. The second-order valence-corrected chi connectivity index (χ2v) is 4.65. The standard InChI is InChI=1S/C11H16N6O/c1-7(5-18-2)17-11-9(15-16-17)10(12-6-13-11)14-8-3-4-8/h6-8H,3-5H2,1-2H3,(H,12,13,14). The third-order valence-corrected chi connectivity index (χ3v) is 3.00. The van der Waals surface area contributed by atoms with Gasteiger partial charge in [0.05, 0.1) is 12.6 Å². The number of anilines is 1. The molecule has 7 heteroatoms. The Bertz CT molecular complexity index is 549. The SMILES string of the molecule is COCC(C)n1nnc2c(NC3CC3)ncnc21. The molecule has 0 amide bonds. The van der Waals surface area contributed by atoms with Crippen LogP contribution in [-0.4, -0.2) is 44.7 Å². The van der Waals surface area contributed by atoms with E-state index in [1.54, 1.807) is 18.1 Å². The van der Waals surface area contributed by atoms with Gasteiger partial charge in [0, 0.05) is 13.2 Å². The zero-order valence-corrected chi connectivity index (χ0v) is 10.5. The highest BCUT2D eigenvalue weighted by Gasteiger charge is 2.24. The first kappa shape index (κ1) is 11.3. The number of ether oxygens (including phenoxy) is 1. The first-order valence-electron chi connectivity index (χ1n) is 6.11. The molecule has 96 valence electrons. The maximum absolute atomic E-state index is 5.13. The van der Waals surface area contributed by atoms with Crippen LogP contribution in [0.1, 0.15) is 25.8 Å². The molecule has 0 aliphatic heterocycles. The fourth-order valence-electron chi connectivity index (χ4n) is 1.90.